The van der Waals surface area contributed by atoms with Crippen LogP contribution >= 0.6 is 0 Å². The molecule has 198 valence electrons. The van der Waals surface area contributed by atoms with Crippen LogP contribution in [0.5, 0.6) is 11.5 Å². The minimum absolute atomic E-state index is 0.00882. The first-order valence-electron chi connectivity index (χ1n) is 10.9. The van der Waals surface area contributed by atoms with E-state index in [1.165, 1.54) is 12.1 Å². The second kappa shape index (κ2) is 9.00. The van der Waals surface area contributed by atoms with E-state index in [-0.39, 0.29) is 55.0 Å². The van der Waals surface area contributed by atoms with Crippen molar-refractivity contribution < 1.29 is 44.7 Å². The van der Waals surface area contributed by atoms with Crippen molar-refractivity contribution >= 4 is 43.9 Å². The predicted molar refractivity (Wildman–Crippen MR) is 122 cm³/mol. The Morgan fingerprint density at radius 1 is 0.600 bits per heavy atom. The second-order valence-electron chi connectivity index (χ2n) is 8.23. The van der Waals surface area contributed by atoms with Crippen LogP contribution in [-0.2, 0) is 0 Å². The first-order valence-corrected chi connectivity index (χ1v) is 10.9. The molecule has 2 heterocycles. The summed E-state index contributed by atoms with van der Waals surface area (Å²) >= 11 is 0. The van der Waals surface area contributed by atoms with Crippen LogP contribution in [0, 0.1) is 45.3 Å². The monoisotopic (exact) mass is 554 g/mol. The van der Waals surface area contributed by atoms with Crippen LogP contribution in [0.1, 0.15) is 23.0 Å². The highest BCUT2D eigenvalue weighted by molar-refractivity contribution is 6.20. The fraction of sp³-hybridized carbons (Fsp3) is 0.154. The van der Waals surface area contributed by atoms with Crippen LogP contribution in [0.4, 0.5) is 26.3 Å². The summed E-state index contributed by atoms with van der Waals surface area (Å²) in [6, 6.07) is 13.1. The highest BCUT2D eigenvalue weighted by atomic mass is 19.4. The molecule has 0 amide bonds. The number of halogens is 6. The van der Waals surface area contributed by atoms with E-state index >= 15 is 0 Å². The van der Waals surface area contributed by atoms with Gasteiger partial charge in [0.05, 0.1) is 24.3 Å². The normalized spacial score (nSPS) is 12.1. The van der Waals surface area contributed by atoms with Crippen molar-refractivity contribution in [1.82, 2.24) is 0 Å². The summed E-state index contributed by atoms with van der Waals surface area (Å²) in [7, 11) is 0. The van der Waals surface area contributed by atoms with Crippen molar-refractivity contribution in [1.29, 1.82) is 21.0 Å². The second-order valence-corrected chi connectivity index (χ2v) is 8.23. The van der Waals surface area contributed by atoms with E-state index in [9.17, 15) is 47.4 Å². The highest BCUT2D eigenvalue weighted by Crippen LogP contribution is 2.48. The van der Waals surface area contributed by atoms with Crippen molar-refractivity contribution in [3.63, 3.8) is 0 Å². The molecular weight excluding hydrogens is 546 g/mol. The molecule has 0 bridgehead atoms. The average molecular weight is 554 g/mol. The Balaban J connectivity index is 1.98. The van der Waals surface area contributed by atoms with Gasteiger partial charge >= 0.3 is 12.7 Å². The molecule has 5 rings (SSSR count). The molecule has 0 saturated heterocycles. The van der Waals surface area contributed by atoms with Gasteiger partial charge in [-0.2, -0.15) is 21.0 Å². The van der Waals surface area contributed by atoms with E-state index in [2.05, 4.69) is 9.47 Å². The number of rotatable bonds is 4. The Morgan fingerprint density at radius 3 is 1.25 bits per heavy atom. The van der Waals surface area contributed by atoms with Gasteiger partial charge in [-0.1, -0.05) is 0 Å². The van der Waals surface area contributed by atoms with Gasteiger partial charge in [0.25, 0.3) is 0 Å². The Kier molecular flexibility index (Phi) is 5.86. The van der Waals surface area contributed by atoms with E-state index in [4.69, 9.17) is 8.83 Å². The van der Waals surface area contributed by atoms with Crippen LogP contribution in [0.15, 0.2) is 45.2 Å². The molecule has 40 heavy (non-hydrogen) atoms. The summed E-state index contributed by atoms with van der Waals surface area (Å²) in [5.74, 6) is -4.44. The molecule has 2 aromatic heterocycles. The zero-order valence-electron chi connectivity index (χ0n) is 19.3. The van der Waals surface area contributed by atoms with Crippen LogP contribution in [0.2, 0.25) is 0 Å². The van der Waals surface area contributed by atoms with Crippen LogP contribution in [-0.4, -0.2) is 12.7 Å². The first-order chi connectivity index (χ1) is 18.9. The molecule has 0 aliphatic heterocycles. The lowest BCUT2D eigenvalue weighted by Crippen LogP contribution is -2.16. The molecule has 5 aromatic rings. The Bertz CT molecular complexity index is 1840. The third-order valence-corrected chi connectivity index (χ3v) is 5.91. The quantitative estimate of drug-likeness (QED) is 0.208. The van der Waals surface area contributed by atoms with Gasteiger partial charge in [-0.3, -0.25) is 0 Å². The zero-order chi connectivity index (χ0) is 29.0. The van der Waals surface area contributed by atoms with E-state index in [1.807, 2.05) is 0 Å². The Labute approximate surface area is 217 Å². The Hall–Kier alpha value is -5.60. The molecule has 0 unspecified atom stereocenters. The van der Waals surface area contributed by atoms with Gasteiger partial charge in [-0.25, -0.2) is 0 Å². The predicted octanol–water partition coefficient (Wildman–Crippen LogP) is 7.54. The topological polar surface area (TPSA) is 140 Å². The molecule has 0 spiro atoms. The summed E-state index contributed by atoms with van der Waals surface area (Å²) in [4.78, 5) is 0. The van der Waals surface area contributed by atoms with Crippen molar-refractivity contribution in [2.75, 3.05) is 0 Å². The number of fused-ring (bicyclic) bond motifs is 6. The summed E-state index contributed by atoms with van der Waals surface area (Å²) < 4.78 is 96.4. The van der Waals surface area contributed by atoms with Crippen molar-refractivity contribution in [3.8, 4) is 35.8 Å². The van der Waals surface area contributed by atoms with Gasteiger partial charge in [0.15, 0.2) is 11.8 Å². The standard InChI is InChI=1S/C26H8F6N4O4/c27-25(28,29)39-13-1-3-15-17(5-13)37-23-20(12(9-35)10-36)22-16-4-2-14(40-26(30,31)32)6-18(16)38-24(22)19(21(15)23)11(7-33)8-34/h1-6,11-12H. The fourth-order valence-corrected chi connectivity index (χ4v) is 4.56. The lowest BCUT2D eigenvalue weighted by molar-refractivity contribution is -0.275. The number of furan rings is 2. The molecule has 0 radical (unpaired) electrons. The zero-order valence-corrected chi connectivity index (χ0v) is 19.3. The Morgan fingerprint density at radius 2 is 0.950 bits per heavy atom. The summed E-state index contributed by atoms with van der Waals surface area (Å²) in [6.07, 6.45) is -10.0. The van der Waals surface area contributed by atoms with Gasteiger partial charge in [0.2, 0.25) is 0 Å². The third-order valence-electron chi connectivity index (χ3n) is 5.91. The molecule has 0 N–H and O–H groups in total. The summed E-state index contributed by atoms with van der Waals surface area (Å²) in [5, 5.41) is 39.2. The number of hydrogen-bond donors (Lipinski definition) is 0. The van der Waals surface area contributed by atoms with E-state index in [1.54, 1.807) is 24.3 Å². The largest absolute Gasteiger partial charge is 0.573 e. The maximum Gasteiger partial charge on any atom is 0.573 e. The number of nitrogens with zero attached hydrogens (tertiary/aromatic N) is 4. The molecule has 0 fully saturated rings. The SMILES string of the molecule is N#CC(C#N)c1c2oc3cc(OC(F)(F)F)ccc3c2c(C(C#N)C#N)c2oc3cc(OC(F)(F)F)ccc3c12. The number of alkyl halides is 6. The van der Waals surface area contributed by atoms with Gasteiger partial charge in [-0.15, -0.1) is 26.3 Å². The van der Waals surface area contributed by atoms with E-state index in [0.717, 1.165) is 24.3 Å². The molecule has 14 heteroatoms. The lowest BCUT2D eigenvalue weighted by Gasteiger charge is -2.11. The van der Waals surface area contributed by atoms with Gasteiger partial charge in [0, 0.05) is 44.8 Å². The number of hydrogen-bond acceptors (Lipinski definition) is 8. The fourth-order valence-electron chi connectivity index (χ4n) is 4.56. The molecule has 8 nitrogen and oxygen atoms in total. The van der Waals surface area contributed by atoms with Gasteiger partial charge in [-0.05, 0) is 24.3 Å². The summed E-state index contributed by atoms with van der Waals surface area (Å²) in [5.41, 5.74) is -1.04. The first kappa shape index (κ1) is 26.0. The molecule has 0 aliphatic rings. The van der Waals surface area contributed by atoms with Crippen LogP contribution in [0.3, 0.4) is 0 Å². The minimum atomic E-state index is -5.02. The van der Waals surface area contributed by atoms with Crippen LogP contribution in [0.25, 0.3) is 43.9 Å². The van der Waals surface area contributed by atoms with E-state index in [0.29, 0.717) is 0 Å². The average Bonchev–Trinajstić information content (AvgIpc) is 3.42. The molecule has 0 aliphatic carbocycles. The number of nitriles is 4. The number of ether oxygens (including phenoxy) is 2. The highest BCUT2D eigenvalue weighted by Gasteiger charge is 2.35. The smallest absolute Gasteiger partial charge is 0.456 e. The summed E-state index contributed by atoms with van der Waals surface area (Å²) in [6.45, 7) is 0. The van der Waals surface area contributed by atoms with Crippen molar-refractivity contribution in [3.05, 3.63) is 47.5 Å². The maximum absolute atomic E-state index is 12.8. The third kappa shape index (κ3) is 4.28. The van der Waals surface area contributed by atoms with Crippen LogP contribution < -0.4 is 9.47 Å². The molecule has 0 atom stereocenters. The van der Waals surface area contributed by atoms with Gasteiger partial charge in [0.1, 0.15) is 33.8 Å². The number of benzene rings is 3. The minimum Gasteiger partial charge on any atom is -0.456 e. The molecular formula is C26H8F6N4O4. The van der Waals surface area contributed by atoms with Crippen molar-refractivity contribution in [2.24, 2.45) is 0 Å². The van der Waals surface area contributed by atoms with Gasteiger partial charge < -0.3 is 18.3 Å². The molecule has 0 saturated carbocycles. The van der Waals surface area contributed by atoms with Crippen molar-refractivity contribution in [2.45, 2.75) is 24.6 Å². The molecule has 3 aromatic carbocycles. The maximum atomic E-state index is 12.8. The lowest BCUT2D eigenvalue weighted by atomic mass is 9.87. The van der Waals surface area contributed by atoms with E-state index < -0.39 is 36.1 Å².